The molecule has 0 aromatic rings. The highest BCUT2D eigenvalue weighted by molar-refractivity contribution is 5.81. The van der Waals surface area contributed by atoms with Crippen LogP contribution in [0.4, 0.5) is 0 Å². The zero-order valence-corrected chi connectivity index (χ0v) is 11.1. The van der Waals surface area contributed by atoms with Gasteiger partial charge in [-0.1, -0.05) is 0 Å². The number of carbonyl (C=O) groups excluding carboxylic acids is 1. The first kappa shape index (κ1) is 13.8. The number of nitrogens with zero attached hydrogens (tertiary/aromatic N) is 2. The van der Waals surface area contributed by atoms with Crippen LogP contribution in [-0.2, 0) is 9.53 Å². The lowest BCUT2D eigenvalue weighted by Gasteiger charge is -2.28. The van der Waals surface area contributed by atoms with Crippen molar-refractivity contribution < 1.29 is 9.53 Å². The van der Waals surface area contributed by atoms with E-state index in [0.717, 1.165) is 71.6 Å². The first-order valence-corrected chi connectivity index (χ1v) is 7.12. The van der Waals surface area contributed by atoms with Crippen LogP contribution in [0.5, 0.6) is 0 Å². The summed E-state index contributed by atoms with van der Waals surface area (Å²) < 4.78 is 5.32. The van der Waals surface area contributed by atoms with Gasteiger partial charge < -0.3 is 15.4 Å². The van der Waals surface area contributed by atoms with Gasteiger partial charge in [-0.3, -0.25) is 9.69 Å². The van der Waals surface area contributed by atoms with Crippen LogP contribution in [-0.4, -0.2) is 67.7 Å². The molecule has 0 radical (unpaired) electrons. The van der Waals surface area contributed by atoms with Crippen molar-refractivity contribution in [3.63, 3.8) is 0 Å². The standard InChI is InChI=1S/C13H25N3O2/c14-12-4-1-2-6-16(13(12)17)7-3-5-15-8-10-18-11-9-15/h12H,1-11,14H2/t12-/m0/s1. The zero-order chi connectivity index (χ0) is 12.8. The highest BCUT2D eigenvalue weighted by Gasteiger charge is 2.23. The van der Waals surface area contributed by atoms with E-state index in [1.165, 1.54) is 0 Å². The molecule has 0 aliphatic carbocycles. The van der Waals surface area contributed by atoms with E-state index in [4.69, 9.17) is 10.5 Å². The maximum absolute atomic E-state index is 12.0. The Bertz CT molecular complexity index is 267. The van der Waals surface area contributed by atoms with Gasteiger partial charge in [-0.25, -0.2) is 0 Å². The largest absolute Gasteiger partial charge is 0.379 e. The second kappa shape index (κ2) is 7.07. The van der Waals surface area contributed by atoms with Crippen LogP contribution >= 0.6 is 0 Å². The van der Waals surface area contributed by atoms with E-state index in [9.17, 15) is 4.79 Å². The minimum Gasteiger partial charge on any atom is -0.379 e. The van der Waals surface area contributed by atoms with Crippen molar-refractivity contribution in [2.45, 2.75) is 31.7 Å². The summed E-state index contributed by atoms with van der Waals surface area (Å²) in [5.74, 6) is 0.148. The number of ether oxygens (including phenoxy) is 1. The molecule has 1 atom stereocenters. The summed E-state index contributed by atoms with van der Waals surface area (Å²) in [5, 5.41) is 0. The summed E-state index contributed by atoms with van der Waals surface area (Å²) in [4.78, 5) is 16.4. The third-order valence-corrected chi connectivity index (χ3v) is 3.83. The Morgan fingerprint density at radius 3 is 2.72 bits per heavy atom. The first-order chi connectivity index (χ1) is 8.77. The molecule has 1 amide bonds. The number of morpholine rings is 1. The van der Waals surface area contributed by atoms with Crippen molar-refractivity contribution in [2.24, 2.45) is 5.73 Å². The Morgan fingerprint density at radius 1 is 1.17 bits per heavy atom. The molecule has 5 nitrogen and oxygen atoms in total. The third kappa shape index (κ3) is 3.93. The highest BCUT2D eigenvalue weighted by Crippen LogP contribution is 2.11. The van der Waals surface area contributed by atoms with Crippen LogP contribution in [0.3, 0.4) is 0 Å². The summed E-state index contributed by atoms with van der Waals surface area (Å²) in [6.45, 7) is 6.52. The predicted molar refractivity (Wildman–Crippen MR) is 70.3 cm³/mol. The molecule has 5 heteroatoms. The van der Waals surface area contributed by atoms with Gasteiger partial charge in [0.25, 0.3) is 0 Å². The number of hydrogen-bond acceptors (Lipinski definition) is 4. The second-order valence-electron chi connectivity index (χ2n) is 5.24. The van der Waals surface area contributed by atoms with E-state index in [0.29, 0.717) is 0 Å². The van der Waals surface area contributed by atoms with Gasteiger partial charge in [-0.2, -0.15) is 0 Å². The van der Waals surface area contributed by atoms with Gasteiger partial charge in [0.05, 0.1) is 19.3 Å². The quantitative estimate of drug-likeness (QED) is 0.771. The Morgan fingerprint density at radius 2 is 1.94 bits per heavy atom. The van der Waals surface area contributed by atoms with E-state index < -0.39 is 0 Å². The molecular weight excluding hydrogens is 230 g/mol. The molecule has 18 heavy (non-hydrogen) atoms. The van der Waals surface area contributed by atoms with Crippen LogP contribution in [0.15, 0.2) is 0 Å². The van der Waals surface area contributed by atoms with Gasteiger partial charge in [0.2, 0.25) is 5.91 Å². The molecule has 2 aliphatic heterocycles. The second-order valence-corrected chi connectivity index (χ2v) is 5.24. The van der Waals surface area contributed by atoms with E-state index in [2.05, 4.69) is 4.90 Å². The van der Waals surface area contributed by atoms with Crippen LogP contribution < -0.4 is 5.73 Å². The third-order valence-electron chi connectivity index (χ3n) is 3.83. The smallest absolute Gasteiger partial charge is 0.239 e. The molecule has 2 rings (SSSR count). The Hall–Kier alpha value is -0.650. The van der Waals surface area contributed by atoms with Crippen molar-refractivity contribution in [2.75, 3.05) is 45.9 Å². The van der Waals surface area contributed by atoms with Crippen LogP contribution in [0.25, 0.3) is 0 Å². The minimum absolute atomic E-state index is 0.148. The van der Waals surface area contributed by atoms with Crippen molar-refractivity contribution >= 4 is 5.91 Å². The molecular formula is C13H25N3O2. The van der Waals surface area contributed by atoms with Crippen molar-refractivity contribution in [1.29, 1.82) is 0 Å². The number of carbonyl (C=O) groups is 1. The molecule has 2 aliphatic rings. The van der Waals surface area contributed by atoms with Gasteiger partial charge in [-0.15, -0.1) is 0 Å². The van der Waals surface area contributed by atoms with E-state index >= 15 is 0 Å². The lowest BCUT2D eigenvalue weighted by atomic mass is 10.1. The van der Waals surface area contributed by atoms with E-state index in [1.807, 2.05) is 4.90 Å². The van der Waals surface area contributed by atoms with Crippen LogP contribution in [0.1, 0.15) is 25.7 Å². The minimum atomic E-state index is -0.268. The maximum atomic E-state index is 12.0. The average molecular weight is 255 g/mol. The predicted octanol–water partition coefficient (Wildman–Crippen LogP) is 0.0485. The Labute approximate surface area is 109 Å². The number of nitrogens with two attached hydrogens (primary N) is 1. The van der Waals surface area contributed by atoms with E-state index in [-0.39, 0.29) is 11.9 Å². The molecule has 2 N–H and O–H groups in total. The van der Waals surface area contributed by atoms with Crippen LogP contribution in [0, 0.1) is 0 Å². The van der Waals surface area contributed by atoms with E-state index in [1.54, 1.807) is 0 Å². The monoisotopic (exact) mass is 255 g/mol. The zero-order valence-electron chi connectivity index (χ0n) is 11.1. The molecule has 0 aromatic carbocycles. The van der Waals surface area contributed by atoms with Crippen molar-refractivity contribution in [3.05, 3.63) is 0 Å². The number of likely N-dealkylation sites (tertiary alicyclic amines) is 1. The number of rotatable bonds is 4. The summed E-state index contributed by atoms with van der Waals surface area (Å²) >= 11 is 0. The fourth-order valence-electron chi connectivity index (χ4n) is 2.67. The Balaban J connectivity index is 1.69. The lowest BCUT2D eigenvalue weighted by molar-refractivity contribution is -0.132. The fraction of sp³-hybridized carbons (Fsp3) is 0.923. The summed E-state index contributed by atoms with van der Waals surface area (Å²) in [7, 11) is 0. The van der Waals surface area contributed by atoms with Crippen molar-refractivity contribution in [3.8, 4) is 0 Å². The number of hydrogen-bond donors (Lipinski definition) is 1. The Kier molecular flexibility index (Phi) is 5.41. The molecule has 0 aromatic heterocycles. The van der Waals surface area contributed by atoms with Gasteiger partial charge in [0.15, 0.2) is 0 Å². The van der Waals surface area contributed by atoms with Gasteiger partial charge in [0, 0.05) is 32.7 Å². The highest BCUT2D eigenvalue weighted by atomic mass is 16.5. The van der Waals surface area contributed by atoms with Gasteiger partial charge in [0.1, 0.15) is 0 Å². The molecule has 0 spiro atoms. The fourth-order valence-corrected chi connectivity index (χ4v) is 2.67. The first-order valence-electron chi connectivity index (χ1n) is 7.12. The van der Waals surface area contributed by atoms with Gasteiger partial charge >= 0.3 is 0 Å². The van der Waals surface area contributed by atoms with Crippen molar-refractivity contribution in [1.82, 2.24) is 9.80 Å². The molecule has 104 valence electrons. The SMILES string of the molecule is N[C@H]1CCCCN(CCCN2CCOCC2)C1=O. The lowest BCUT2D eigenvalue weighted by Crippen LogP contribution is -2.44. The summed E-state index contributed by atoms with van der Waals surface area (Å²) in [6, 6.07) is -0.268. The topological polar surface area (TPSA) is 58.8 Å². The van der Waals surface area contributed by atoms with Gasteiger partial charge in [-0.05, 0) is 25.7 Å². The summed E-state index contributed by atoms with van der Waals surface area (Å²) in [5.41, 5.74) is 5.87. The maximum Gasteiger partial charge on any atom is 0.239 e. The molecule has 2 saturated heterocycles. The molecule has 2 fully saturated rings. The summed E-state index contributed by atoms with van der Waals surface area (Å²) in [6.07, 6.45) is 4.06. The molecule has 0 unspecified atom stereocenters. The van der Waals surface area contributed by atoms with Crippen LogP contribution in [0.2, 0.25) is 0 Å². The normalized spacial score (nSPS) is 27.3. The molecule has 2 heterocycles. The average Bonchev–Trinajstić information content (AvgIpc) is 2.55. The molecule has 0 bridgehead atoms. The number of amides is 1. The molecule has 0 saturated carbocycles.